The summed E-state index contributed by atoms with van der Waals surface area (Å²) in [5.41, 5.74) is 3.54. The van der Waals surface area contributed by atoms with E-state index in [1.165, 1.54) is 5.56 Å². The van der Waals surface area contributed by atoms with Gasteiger partial charge in [0.25, 0.3) is 5.91 Å². The first-order valence-corrected chi connectivity index (χ1v) is 10.4. The molecule has 1 fully saturated rings. The highest BCUT2D eigenvalue weighted by Crippen LogP contribution is 2.27. The quantitative estimate of drug-likeness (QED) is 0.742. The first kappa shape index (κ1) is 21.3. The Hall–Kier alpha value is -2.37. The van der Waals surface area contributed by atoms with E-state index in [2.05, 4.69) is 60.5 Å². The normalized spacial score (nSPS) is 17.3. The number of hydrogen-bond donors (Lipinski definition) is 1. The second-order valence-corrected chi connectivity index (χ2v) is 8.00. The van der Waals surface area contributed by atoms with E-state index in [0.717, 1.165) is 36.5 Å². The lowest BCUT2D eigenvalue weighted by Crippen LogP contribution is -2.47. The standard InChI is InChI=1S/C24H32N2O3/c1-18(2)22-10-9-19(3)13-23(22)29-17-24(27)25-14-21-16-26(11-12-28-21)15-20-7-5-4-6-8-20/h4-10,13,18,21H,11-12,14-17H2,1-3H3,(H,25,27)/t21-/m1/s1. The number of hydrogen-bond acceptors (Lipinski definition) is 4. The van der Waals surface area contributed by atoms with Crippen molar-refractivity contribution in [3.8, 4) is 5.75 Å². The summed E-state index contributed by atoms with van der Waals surface area (Å²) < 4.78 is 11.6. The molecular formula is C24H32N2O3. The largest absolute Gasteiger partial charge is 0.483 e. The number of ether oxygens (including phenoxy) is 2. The minimum Gasteiger partial charge on any atom is -0.483 e. The summed E-state index contributed by atoms with van der Waals surface area (Å²) >= 11 is 0. The molecule has 2 aromatic rings. The molecule has 2 aromatic carbocycles. The van der Waals surface area contributed by atoms with Gasteiger partial charge >= 0.3 is 0 Å². The first-order valence-electron chi connectivity index (χ1n) is 10.4. The molecule has 1 atom stereocenters. The molecule has 0 saturated carbocycles. The van der Waals surface area contributed by atoms with Gasteiger partial charge in [0.2, 0.25) is 0 Å². The Balaban J connectivity index is 1.44. The third-order valence-corrected chi connectivity index (χ3v) is 5.15. The lowest BCUT2D eigenvalue weighted by molar-refractivity contribution is -0.124. The van der Waals surface area contributed by atoms with Gasteiger partial charge in [0.1, 0.15) is 5.75 Å². The first-order chi connectivity index (χ1) is 14.0. The summed E-state index contributed by atoms with van der Waals surface area (Å²) in [6.45, 7) is 10.1. The fourth-order valence-corrected chi connectivity index (χ4v) is 3.55. The fourth-order valence-electron chi connectivity index (χ4n) is 3.55. The average Bonchev–Trinajstić information content (AvgIpc) is 2.71. The van der Waals surface area contributed by atoms with Crippen LogP contribution >= 0.6 is 0 Å². The van der Waals surface area contributed by atoms with Gasteiger partial charge in [0.15, 0.2) is 6.61 Å². The Morgan fingerprint density at radius 3 is 2.79 bits per heavy atom. The van der Waals surface area contributed by atoms with Crippen molar-refractivity contribution in [3.63, 3.8) is 0 Å². The van der Waals surface area contributed by atoms with Crippen LogP contribution in [0.4, 0.5) is 0 Å². The predicted molar refractivity (Wildman–Crippen MR) is 115 cm³/mol. The van der Waals surface area contributed by atoms with Crippen LogP contribution in [0.3, 0.4) is 0 Å². The van der Waals surface area contributed by atoms with Crippen LogP contribution in [0.5, 0.6) is 5.75 Å². The molecule has 5 heteroatoms. The van der Waals surface area contributed by atoms with Crippen molar-refractivity contribution in [2.75, 3.05) is 32.8 Å². The number of aryl methyl sites for hydroxylation is 1. The molecule has 5 nitrogen and oxygen atoms in total. The van der Waals surface area contributed by atoms with Crippen molar-refractivity contribution >= 4 is 5.91 Å². The minimum atomic E-state index is -0.120. The molecule has 1 amide bonds. The number of carbonyl (C=O) groups is 1. The molecule has 0 bridgehead atoms. The van der Waals surface area contributed by atoms with Crippen molar-refractivity contribution in [2.45, 2.75) is 39.3 Å². The Morgan fingerprint density at radius 1 is 1.24 bits per heavy atom. The zero-order chi connectivity index (χ0) is 20.6. The van der Waals surface area contributed by atoms with Crippen molar-refractivity contribution in [1.82, 2.24) is 10.2 Å². The van der Waals surface area contributed by atoms with Crippen LogP contribution in [0.2, 0.25) is 0 Å². The zero-order valence-electron chi connectivity index (χ0n) is 17.7. The maximum absolute atomic E-state index is 12.3. The van der Waals surface area contributed by atoms with Gasteiger partial charge in [-0.15, -0.1) is 0 Å². The zero-order valence-corrected chi connectivity index (χ0v) is 17.7. The Kier molecular flexibility index (Phi) is 7.67. The lowest BCUT2D eigenvalue weighted by Gasteiger charge is -2.33. The third-order valence-electron chi connectivity index (χ3n) is 5.15. The third kappa shape index (κ3) is 6.58. The van der Waals surface area contributed by atoms with Gasteiger partial charge in [-0.1, -0.05) is 56.3 Å². The summed E-state index contributed by atoms with van der Waals surface area (Å²) in [5.74, 6) is 1.02. The number of amides is 1. The minimum absolute atomic E-state index is 0.00149. The van der Waals surface area contributed by atoms with Crippen LogP contribution in [0.25, 0.3) is 0 Å². The van der Waals surface area contributed by atoms with E-state index >= 15 is 0 Å². The molecule has 0 aliphatic carbocycles. The maximum Gasteiger partial charge on any atom is 0.258 e. The highest BCUT2D eigenvalue weighted by molar-refractivity contribution is 5.77. The summed E-state index contributed by atoms with van der Waals surface area (Å²) in [6.07, 6.45) is 0.00149. The van der Waals surface area contributed by atoms with E-state index in [9.17, 15) is 4.79 Å². The van der Waals surface area contributed by atoms with E-state index in [1.54, 1.807) is 0 Å². The van der Waals surface area contributed by atoms with Gasteiger partial charge < -0.3 is 14.8 Å². The van der Waals surface area contributed by atoms with Gasteiger partial charge in [-0.2, -0.15) is 0 Å². The molecule has 0 spiro atoms. The van der Waals surface area contributed by atoms with Gasteiger partial charge in [-0.05, 0) is 35.6 Å². The second-order valence-electron chi connectivity index (χ2n) is 8.00. The molecule has 1 saturated heterocycles. The molecule has 156 valence electrons. The van der Waals surface area contributed by atoms with Gasteiger partial charge in [0, 0.05) is 26.2 Å². The number of morpholine rings is 1. The van der Waals surface area contributed by atoms with Crippen molar-refractivity contribution in [1.29, 1.82) is 0 Å². The van der Waals surface area contributed by atoms with Crippen molar-refractivity contribution in [2.24, 2.45) is 0 Å². The van der Waals surface area contributed by atoms with Crippen LogP contribution < -0.4 is 10.1 Å². The van der Waals surface area contributed by atoms with Crippen LogP contribution in [0.15, 0.2) is 48.5 Å². The maximum atomic E-state index is 12.3. The number of nitrogens with one attached hydrogen (secondary N) is 1. The molecule has 1 N–H and O–H groups in total. The average molecular weight is 397 g/mol. The van der Waals surface area contributed by atoms with Crippen LogP contribution in [-0.4, -0.2) is 49.8 Å². The smallest absolute Gasteiger partial charge is 0.258 e. The van der Waals surface area contributed by atoms with Crippen molar-refractivity contribution in [3.05, 3.63) is 65.2 Å². The predicted octanol–water partition coefficient (Wildman–Crippen LogP) is 3.51. The van der Waals surface area contributed by atoms with E-state index in [0.29, 0.717) is 19.1 Å². The molecule has 0 aromatic heterocycles. The van der Waals surface area contributed by atoms with Gasteiger partial charge in [-0.3, -0.25) is 9.69 Å². The monoisotopic (exact) mass is 396 g/mol. The highest BCUT2D eigenvalue weighted by atomic mass is 16.5. The van der Waals surface area contributed by atoms with E-state index in [1.807, 2.05) is 19.1 Å². The number of nitrogens with zero attached hydrogens (tertiary/aromatic N) is 1. The summed E-state index contributed by atoms with van der Waals surface area (Å²) in [7, 11) is 0. The molecular weight excluding hydrogens is 364 g/mol. The van der Waals surface area contributed by atoms with Gasteiger partial charge in [0.05, 0.1) is 12.7 Å². The molecule has 3 rings (SSSR count). The van der Waals surface area contributed by atoms with Crippen LogP contribution in [-0.2, 0) is 16.1 Å². The Morgan fingerprint density at radius 2 is 2.03 bits per heavy atom. The summed E-state index contributed by atoms with van der Waals surface area (Å²) in [6, 6.07) is 16.6. The van der Waals surface area contributed by atoms with Gasteiger partial charge in [-0.25, -0.2) is 0 Å². The van der Waals surface area contributed by atoms with E-state index < -0.39 is 0 Å². The SMILES string of the molecule is Cc1ccc(C(C)C)c(OCC(=O)NC[C@@H]2CN(Cc3ccccc3)CCO2)c1. The van der Waals surface area contributed by atoms with Crippen LogP contribution in [0, 0.1) is 6.92 Å². The van der Waals surface area contributed by atoms with Crippen molar-refractivity contribution < 1.29 is 14.3 Å². The van der Waals surface area contributed by atoms with Crippen LogP contribution in [0.1, 0.15) is 36.5 Å². The molecule has 0 unspecified atom stereocenters. The summed E-state index contributed by atoms with van der Waals surface area (Å²) in [5, 5.41) is 2.95. The fraction of sp³-hybridized carbons (Fsp3) is 0.458. The van der Waals surface area contributed by atoms with E-state index in [-0.39, 0.29) is 18.6 Å². The highest BCUT2D eigenvalue weighted by Gasteiger charge is 2.21. The molecule has 1 aliphatic rings. The second kappa shape index (κ2) is 10.4. The Labute approximate surface area is 174 Å². The lowest BCUT2D eigenvalue weighted by atomic mass is 10.0. The number of benzene rings is 2. The molecule has 0 radical (unpaired) electrons. The topological polar surface area (TPSA) is 50.8 Å². The van der Waals surface area contributed by atoms with E-state index in [4.69, 9.17) is 9.47 Å². The Bertz CT molecular complexity index is 792. The number of rotatable bonds is 8. The summed E-state index contributed by atoms with van der Waals surface area (Å²) in [4.78, 5) is 14.7. The molecule has 1 heterocycles. The number of carbonyl (C=O) groups excluding carboxylic acids is 1. The molecule has 29 heavy (non-hydrogen) atoms. The molecule has 1 aliphatic heterocycles.